The van der Waals surface area contributed by atoms with Gasteiger partial charge in [0.25, 0.3) is 0 Å². The molecule has 0 atom stereocenters. The number of furan rings is 1. The largest absolute Gasteiger partial charge is 0.508 e. The van der Waals surface area contributed by atoms with Gasteiger partial charge in [-0.15, -0.1) is 0 Å². The van der Waals surface area contributed by atoms with Gasteiger partial charge in [-0.2, -0.15) is 0 Å². The molecule has 4 aromatic rings. The lowest BCUT2D eigenvalue weighted by Gasteiger charge is -2.09. The zero-order valence-electron chi connectivity index (χ0n) is 13.2. The van der Waals surface area contributed by atoms with Crippen molar-refractivity contribution in [1.29, 1.82) is 0 Å². The molecule has 25 heavy (non-hydrogen) atoms. The van der Waals surface area contributed by atoms with Gasteiger partial charge in [0.1, 0.15) is 11.4 Å². The number of phenols is 1. The Morgan fingerprint density at radius 1 is 0.760 bits per heavy atom. The van der Waals surface area contributed by atoms with Gasteiger partial charge in [0.05, 0.1) is 12.0 Å². The van der Waals surface area contributed by atoms with Crippen LogP contribution in [-0.4, -0.2) is 10.1 Å². The standard InChI is InChI=1S/C21H14ClNO2/c22-17-8-6-14(7-9-17)16-12-19(15-3-1-4-18(24)11-15)23-20(13-16)21-5-2-10-25-21/h1-13,24H. The van der Waals surface area contributed by atoms with Crippen LogP contribution in [0.2, 0.25) is 5.02 Å². The summed E-state index contributed by atoms with van der Waals surface area (Å²) in [7, 11) is 0. The van der Waals surface area contributed by atoms with E-state index in [-0.39, 0.29) is 5.75 Å². The minimum Gasteiger partial charge on any atom is -0.508 e. The second-order valence-corrected chi connectivity index (χ2v) is 6.10. The Morgan fingerprint density at radius 2 is 1.56 bits per heavy atom. The van der Waals surface area contributed by atoms with Crippen LogP contribution in [-0.2, 0) is 0 Å². The topological polar surface area (TPSA) is 46.3 Å². The average molecular weight is 348 g/mol. The SMILES string of the molecule is Oc1cccc(-c2cc(-c3ccc(Cl)cc3)cc(-c3ccco3)n2)c1. The molecule has 0 unspecified atom stereocenters. The molecule has 4 rings (SSSR count). The average Bonchev–Trinajstić information content (AvgIpc) is 3.17. The maximum Gasteiger partial charge on any atom is 0.152 e. The normalized spacial score (nSPS) is 10.8. The molecule has 0 saturated carbocycles. The zero-order valence-corrected chi connectivity index (χ0v) is 13.9. The molecule has 2 aromatic carbocycles. The van der Waals surface area contributed by atoms with E-state index in [1.54, 1.807) is 24.5 Å². The molecule has 3 nitrogen and oxygen atoms in total. The molecule has 0 aliphatic heterocycles. The maximum atomic E-state index is 9.78. The fourth-order valence-electron chi connectivity index (χ4n) is 2.70. The molecule has 1 N–H and O–H groups in total. The molecule has 2 aromatic heterocycles. The van der Waals surface area contributed by atoms with Crippen molar-refractivity contribution in [3.05, 3.63) is 84.1 Å². The van der Waals surface area contributed by atoms with Crippen molar-refractivity contribution < 1.29 is 9.52 Å². The van der Waals surface area contributed by atoms with Gasteiger partial charge in [-0.3, -0.25) is 0 Å². The van der Waals surface area contributed by atoms with Crippen molar-refractivity contribution in [1.82, 2.24) is 4.98 Å². The van der Waals surface area contributed by atoms with Crippen molar-refractivity contribution in [3.8, 4) is 39.6 Å². The summed E-state index contributed by atoms with van der Waals surface area (Å²) in [6.07, 6.45) is 1.62. The van der Waals surface area contributed by atoms with E-state index in [2.05, 4.69) is 0 Å². The second kappa shape index (κ2) is 6.46. The molecule has 0 bridgehead atoms. The fourth-order valence-corrected chi connectivity index (χ4v) is 2.83. The third kappa shape index (κ3) is 3.28. The quantitative estimate of drug-likeness (QED) is 0.491. The first-order valence-electron chi connectivity index (χ1n) is 7.80. The molecular weight excluding hydrogens is 334 g/mol. The van der Waals surface area contributed by atoms with Gasteiger partial charge in [-0.05, 0) is 59.7 Å². The van der Waals surface area contributed by atoms with Gasteiger partial charge in [0.2, 0.25) is 0 Å². The van der Waals surface area contributed by atoms with Gasteiger partial charge in [-0.1, -0.05) is 35.9 Å². The first-order valence-corrected chi connectivity index (χ1v) is 8.18. The van der Waals surface area contributed by atoms with Crippen LogP contribution < -0.4 is 0 Å². The summed E-state index contributed by atoms with van der Waals surface area (Å²) in [5.41, 5.74) is 4.35. The Bertz CT molecular complexity index is 1010. The van der Waals surface area contributed by atoms with Crippen LogP contribution >= 0.6 is 11.6 Å². The number of nitrogens with zero attached hydrogens (tertiary/aromatic N) is 1. The predicted octanol–water partition coefficient (Wildman–Crippen LogP) is 6.03. The van der Waals surface area contributed by atoms with Crippen LogP contribution in [0.25, 0.3) is 33.8 Å². The lowest BCUT2D eigenvalue weighted by atomic mass is 10.0. The van der Waals surface area contributed by atoms with Gasteiger partial charge in [0, 0.05) is 10.6 Å². The smallest absolute Gasteiger partial charge is 0.152 e. The van der Waals surface area contributed by atoms with E-state index in [1.165, 1.54) is 0 Å². The Morgan fingerprint density at radius 3 is 2.28 bits per heavy atom. The van der Waals surface area contributed by atoms with Crippen molar-refractivity contribution >= 4 is 11.6 Å². The lowest BCUT2D eigenvalue weighted by Crippen LogP contribution is -1.90. The van der Waals surface area contributed by atoms with E-state index < -0.39 is 0 Å². The minimum atomic E-state index is 0.204. The molecule has 0 amide bonds. The second-order valence-electron chi connectivity index (χ2n) is 5.66. The number of hydrogen-bond donors (Lipinski definition) is 1. The summed E-state index contributed by atoms with van der Waals surface area (Å²) >= 11 is 6.00. The monoisotopic (exact) mass is 347 g/mol. The summed E-state index contributed by atoms with van der Waals surface area (Å²) < 4.78 is 5.51. The molecule has 122 valence electrons. The third-order valence-corrected chi connectivity index (χ3v) is 4.17. The van der Waals surface area contributed by atoms with E-state index in [0.29, 0.717) is 10.8 Å². The van der Waals surface area contributed by atoms with Crippen LogP contribution in [0.3, 0.4) is 0 Å². The van der Waals surface area contributed by atoms with Crippen LogP contribution in [0.1, 0.15) is 0 Å². The van der Waals surface area contributed by atoms with E-state index in [9.17, 15) is 5.11 Å². The first-order chi connectivity index (χ1) is 12.2. The highest BCUT2D eigenvalue weighted by atomic mass is 35.5. The number of pyridine rings is 1. The van der Waals surface area contributed by atoms with E-state index in [1.807, 2.05) is 54.6 Å². The molecule has 0 spiro atoms. The highest BCUT2D eigenvalue weighted by molar-refractivity contribution is 6.30. The van der Waals surface area contributed by atoms with Crippen LogP contribution in [0.5, 0.6) is 5.75 Å². The molecule has 0 aliphatic rings. The Hall–Kier alpha value is -3.04. The first kappa shape index (κ1) is 15.5. The van der Waals surface area contributed by atoms with Crippen molar-refractivity contribution in [2.45, 2.75) is 0 Å². The molecular formula is C21H14ClNO2. The summed E-state index contributed by atoms with van der Waals surface area (Å²) in [4.78, 5) is 4.70. The molecule has 0 aliphatic carbocycles. The van der Waals surface area contributed by atoms with E-state index in [4.69, 9.17) is 21.0 Å². The van der Waals surface area contributed by atoms with Gasteiger partial charge >= 0.3 is 0 Å². The van der Waals surface area contributed by atoms with Gasteiger partial charge < -0.3 is 9.52 Å². The summed E-state index contributed by atoms with van der Waals surface area (Å²) in [6.45, 7) is 0. The molecule has 2 heterocycles. The number of aromatic hydroxyl groups is 1. The third-order valence-electron chi connectivity index (χ3n) is 3.92. The Kier molecular flexibility index (Phi) is 4.00. The maximum absolute atomic E-state index is 9.78. The number of rotatable bonds is 3. The lowest BCUT2D eigenvalue weighted by molar-refractivity contribution is 0.475. The van der Waals surface area contributed by atoms with E-state index in [0.717, 1.165) is 28.1 Å². The van der Waals surface area contributed by atoms with Crippen molar-refractivity contribution in [2.75, 3.05) is 0 Å². The predicted molar refractivity (Wildman–Crippen MR) is 99.5 cm³/mol. The summed E-state index contributed by atoms with van der Waals surface area (Å²) in [5.74, 6) is 0.896. The zero-order chi connectivity index (χ0) is 17.2. The fraction of sp³-hybridized carbons (Fsp3) is 0. The number of benzene rings is 2. The van der Waals surface area contributed by atoms with Crippen molar-refractivity contribution in [3.63, 3.8) is 0 Å². The van der Waals surface area contributed by atoms with Crippen LogP contribution in [0.15, 0.2) is 83.5 Å². The molecule has 0 radical (unpaired) electrons. The van der Waals surface area contributed by atoms with Crippen LogP contribution in [0.4, 0.5) is 0 Å². The van der Waals surface area contributed by atoms with Gasteiger partial charge in [-0.25, -0.2) is 4.98 Å². The molecule has 4 heteroatoms. The highest BCUT2D eigenvalue weighted by Gasteiger charge is 2.11. The van der Waals surface area contributed by atoms with Crippen molar-refractivity contribution in [2.24, 2.45) is 0 Å². The Balaban J connectivity index is 1.90. The van der Waals surface area contributed by atoms with E-state index >= 15 is 0 Å². The number of halogens is 1. The molecule has 0 fully saturated rings. The summed E-state index contributed by atoms with van der Waals surface area (Å²) in [6, 6.07) is 22.4. The summed E-state index contributed by atoms with van der Waals surface area (Å²) in [5, 5.41) is 10.5. The molecule has 0 saturated heterocycles. The highest BCUT2D eigenvalue weighted by Crippen LogP contribution is 2.31. The van der Waals surface area contributed by atoms with Gasteiger partial charge in [0.15, 0.2) is 5.76 Å². The minimum absolute atomic E-state index is 0.204. The number of aromatic nitrogens is 1. The number of hydrogen-bond acceptors (Lipinski definition) is 3. The Labute approximate surface area is 150 Å². The number of phenolic OH excluding ortho intramolecular Hbond substituents is 1. The van der Waals surface area contributed by atoms with Crippen LogP contribution in [0, 0.1) is 0 Å².